The van der Waals surface area contributed by atoms with Crippen molar-refractivity contribution in [1.29, 1.82) is 0 Å². The average Bonchev–Trinajstić information content (AvgIpc) is 3.26. The molecule has 0 aliphatic heterocycles. The fraction of sp³-hybridized carbons (Fsp3) is 0.0952. The SMILES string of the molecule is Cc1nc(-c2ccccc2)sc1C(=O)Nc1nc(-c2ccc(F)cc2)c(C)s1. The summed E-state index contributed by atoms with van der Waals surface area (Å²) in [5, 5.41) is 4.19. The summed E-state index contributed by atoms with van der Waals surface area (Å²) in [5.41, 5.74) is 3.23. The van der Waals surface area contributed by atoms with Gasteiger partial charge in [0, 0.05) is 16.0 Å². The lowest BCUT2D eigenvalue weighted by Crippen LogP contribution is -2.11. The van der Waals surface area contributed by atoms with Crippen LogP contribution in [0.5, 0.6) is 0 Å². The normalized spacial score (nSPS) is 10.8. The Morgan fingerprint density at radius 2 is 1.64 bits per heavy atom. The van der Waals surface area contributed by atoms with Gasteiger partial charge >= 0.3 is 0 Å². The smallest absolute Gasteiger partial charge is 0.269 e. The van der Waals surface area contributed by atoms with E-state index in [1.165, 1.54) is 34.8 Å². The van der Waals surface area contributed by atoms with Crippen LogP contribution >= 0.6 is 22.7 Å². The monoisotopic (exact) mass is 409 g/mol. The third-order valence-corrected chi connectivity index (χ3v) is 6.25. The van der Waals surface area contributed by atoms with Gasteiger partial charge in [-0.25, -0.2) is 14.4 Å². The van der Waals surface area contributed by atoms with E-state index in [-0.39, 0.29) is 11.7 Å². The molecule has 2 aromatic heterocycles. The van der Waals surface area contributed by atoms with E-state index >= 15 is 0 Å². The summed E-state index contributed by atoms with van der Waals surface area (Å²) >= 11 is 2.75. The molecule has 0 spiro atoms. The van der Waals surface area contributed by atoms with Crippen LogP contribution < -0.4 is 5.32 Å². The van der Waals surface area contributed by atoms with Crippen molar-refractivity contribution in [2.75, 3.05) is 5.32 Å². The molecule has 0 fully saturated rings. The third kappa shape index (κ3) is 3.72. The van der Waals surface area contributed by atoms with Crippen LogP contribution in [0.3, 0.4) is 0 Å². The van der Waals surface area contributed by atoms with Gasteiger partial charge < -0.3 is 0 Å². The Morgan fingerprint density at radius 3 is 2.36 bits per heavy atom. The van der Waals surface area contributed by atoms with Gasteiger partial charge in [0.1, 0.15) is 15.7 Å². The molecule has 0 aliphatic rings. The molecule has 0 unspecified atom stereocenters. The van der Waals surface area contributed by atoms with Gasteiger partial charge in [0.05, 0.1) is 11.4 Å². The standard InChI is InChI=1S/C21H16FN3OS2/c1-12-18(28-20(23-12)15-6-4-3-5-7-15)19(26)25-21-24-17(13(2)27-21)14-8-10-16(22)11-9-14/h3-11H,1-2H3,(H,24,25,26). The number of nitrogens with one attached hydrogen (secondary N) is 1. The molecule has 0 radical (unpaired) electrons. The number of amides is 1. The number of aryl methyl sites for hydroxylation is 2. The predicted molar refractivity (Wildman–Crippen MR) is 112 cm³/mol. The first-order valence-corrected chi connectivity index (χ1v) is 10.2. The van der Waals surface area contributed by atoms with Crippen molar-refractivity contribution in [3.8, 4) is 21.8 Å². The molecule has 140 valence electrons. The highest BCUT2D eigenvalue weighted by atomic mass is 32.1. The second kappa shape index (κ2) is 7.61. The molecule has 0 aliphatic carbocycles. The number of benzene rings is 2. The Hall–Kier alpha value is -2.90. The highest BCUT2D eigenvalue weighted by Crippen LogP contribution is 2.32. The largest absolute Gasteiger partial charge is 0.297 e. The van der Waals surface area contributed by atoms with Gasteiger partial charge in [0.2, 0.25) is 0 Å². The van der Waals surface area contributed by atoms with E-state index in [1.807, 2.05) is 44.2 Å². The maximum Gasteiger partial charge on any atom is 0.269 e. The summed E-state index contributed by atoms with van der Waals surface area (Å²) in [4.78, 5) is 23.3. The molecule has 2 aromatic carbocycles. The van der Waals surface area contributed by atoms with Crippen molar-refractivity contribution < 1.29 is 9.18 Å². The van der Waals surface area contributed by atoms with Gasteiger partial charge in [-0.05, 0) is 38.1 Å². The number of aromatic nitrogens is 2. The van der Waals surface area contributed by atoms with Crippen LogP contribution in [0.1, 0.15) is 20.2 Å². The van der Waals surface area contributed by atoms with Crippen molar-refractivity contribution in [3.05, 3.63) is 75.9 Å². The summed E-state index contributed by atoms with van der Waals surface area (Å²) in [5.74, 6) is -0.517. The minimum atomic E-state index is -0.292. The summed E-state index contributed by atoms with van der Waals surface area (Å²) in [7, 11) is 0. The lowest BCUT2D eigenvalue weighted by Gasteiger charge is -2.00. The molecule has 0 saturated carbocycles. The lowest BCUT2D eigenvalue weighted by molar-refractivity contribution is 0.103. The summed E-state index contributed by atoms with van der Waals surface area (Å²) in [6.45, 7) is 3.76. The van der Waals surface area contributed by atoms with Gasteiger partial charge in [-0.1, -0.05) is 30.3 Å². The second-order valence-electron chi connectivity index (χ2n) is 6.18. The molecular formula is C21H16FN3OS2. The van der Waals surface area contributed by atoms with Crippen LogP contribution in [0.25, 0.3) is 21.8 Å². The van der Waals surface area contributed by atoms with Crippen LogP contribution in [0.15, 0.2) is 54.6 Å². The number of hydrogen-bond acceptors (Lipinski definition) is 5. The van der Waals surface area contributed by atoms with Gasteiger partial charge in [-0.15, -0.1) is 22.7 Å². The van der Waals surface area contributed by atoms with E-state index in [4.69, 9.17) is 0 Å². The zero-order valence-electron chi connectivity index (χ0n) is 15.2. The average molecular weight is 410 g/mol. The minimum absolute atomic E-state index is 0.225. The van der Waals surface area contributed by atoms with E-state index in [0.717, 1.165) is 26.7 Å². The van der Waals surface area contributed by atoms with E-state index in [0.29, 0.717) is 15.7 Å². The molecule has 0 saturated heterocycles. The van der Waals surface area contributed by atoms with Gasteiger partial charge in [-0.2, -0.15) is 0 Å². The van der Waals surface area contributed by atoms with E-state index in [9.17, 15) is 9.18 Å². The molecule has 4 nitrogen and oxygen atoms in total. The molecule has 0 atom stereocenters. The molecule has 1 N–H and O–H groups in total. The fourth-order valence-corrected chi connectivity index (χ4v) is 4.59. The number of thiazole rings is 2. The molecule has 2 heterocycles. The van der Waals surface area contributed by atoms with Crippen LogP contribution in [-0.2, 0) is 0 Å². The van der Waals surface area contributed by atoms with Crippen LogP contribution in [0.2, 0.25) is 0 Å². The highest BCUT2D eigenvalue weighted by molar-refractivity contribution is 7.18. The van der Waals surface area contributed by atoms with E-state index in [2.05, 4.69) is 15.3 Å². The maximum atomic E-state index is 13.2. The van der Waals surface area contributed by atoms with Gasteiger partial charge in [-0.3, -0.25) is 10.1 Å². The Balaban J connectivity index is 1.57. The number of hydrogen-bond donors (Lipinski definition) is 1. The quantitative estimate of drug-likeness (QED) is 0.454. The summed E-state index contributed by atoms with van der Waals surface area (Å²) in [6, 6.07) is 15.9. The molecule has 4 rings (SSSR count). The predicted octanol–water partition coefficient (Wildman–Crippen LogP) is 5.94. The van der Waals surface area contributed by atoms with Crippen molar-refractivity contribution in [3.63, 3.8) is 0 Å². The van der Waals surface area contributed by atoms with Crippen molar-refractivity contribution in [1.82, 2.24) is 9.97 Å². The third-order valence-electron chi connectivity index (χ3n) is 4.16. The van der Waals surface area contributed by atoms with Crippen LogP contribution in [0.4, 0.5) is 9.52 Å². The van der Waals surface area contributed by atoms with Gasteiger partial charge in [0.25, 0.3) is 5.91 Å². The first-order valence-electron chi connectivity index (χ1n) is 8.59. The number of carbonyl (C=O) groups is 1. The number of halogens is 1. The first-order chi connectivity index (χ1) is 13.5. The molecule has 1 amide bonds. The van der Waals surface area contributed by atoms with Crippen molar-refractivity contribution >= 4 is 33.7 Å². The van der Waals surface area contributed by atoms with E-state index < -0.39 is 0 Å². The van der Waals surface area contributed by atoms with Crippen LogP contribution in [0, 0.1) is 19.7 Å². The zero-order chi connectivity index (χ0) is 19.7. The molecule has 7 heteroatoms. The molecule has 28 heavy (non-hydrogen) atoms. The Kier molecular flexibility index (Phi) is 5.02. The van der Waals surface area contributed by atoms with Crippen LogP contribution in [-0.4, -0.2) is 15.9 Å². The van der Waals surface area contributed by atoms with Gasteiger partial charge in [0.15, 0.2) is 5.13 Å². The zero-order valence-corrected chi connectivity index (χ0v) is 16.8. The molecular weight excluding hydrogens is 393 g/mol. The number of rotatable bonds is 4. The Morgan fingerprint density at radius 1 is 0.929 bits per heavy atom. The summed E-state index contributed by atoms with van der Waals surface area (Å²) < 4.78 is 13.2. The molecule has 0 bridgehead atoms. The number of anilines is 1. The lowest BCUT2D eigenvalue weighted by atomic mass is 10.1. The fourth-order valence-electron chi connectivity index (χ4n) is 2.79. The number of carbonyl (C=O) groups excluding carboxylic acids is 1. The minimum Gasteiger partial charge on any atom is -0.297 e. The first kappa shape index (κ1) is 18.5. The van der Waals surface area contributed by atoms with Crippen molar-refractivity contribution in [2.24, 2.45) is 0 Å². The Bertz CT molecular complexity index is 1130. The maximum absolute atomic E-state index is 13.2. The second-order valence-corrected chi connectivity index (χ2v) is 8.39. The highest BCUT2D eigenvalue weighted by Gasteiger charge is 2.18. The van der Waals surface area contributed by atoms with E-state index in [1.54, 1.807) is 12.1 Å². The molecule has 4 aromatic rings. The summed E-state index contributed by atoms with van der Waals surface area (Å²) in [6.07, 6.45) is 0. The topological polar surface area (TPSA) is 54.9 Å². The Labute approximate surface area is 169 Å². The number of nitrogens with zero attached hydrogens (tertiary/aromatic N) is 2. The van der Waals surface area contributed by atoms with Crippen molar-refractivity contribution in [2.45, 2.75) is 13.8 Å².